The van der Waals surface area contributed by atoms with Crippen molar-refractivity contribution in [2.24, 2.45) is 0 Å². The van der Waals surface area contributed by atoms with Gasteiger partial charge < -0.3 is 10.2 Å². The van der Waals surface area contributed by atoms with Crippen molar-refractivity contribution in [1.29, 1.82) is 0 Å². The fraction of sp³-hybridized carbons (Fsp3) is 0.278. The zero-order chi connectivity index (χ0) is 17.8. The average Bonchev–Trinajstić information content (AvgIpc) is 2.69. The summed E-state index contributed by atoms with van der Waals surface area (Å²) in [4.78, 5) is 33.8. The van der Waals surface area contributed by atoms with Crippen LogP contribution >= 0.6 is 0 Å². The molecule has 1 fully saturated rings. The molecule has 3 aromatic rings. The molecule has 1 aliphatic rings. The molecule has 0 aromatic carbocycles. The van der Waals surface area contributed by atoms with E-state index in [-0.39, 0.29) is 5.91 Å². The van der Waals surface area contributed by atoms with Gasteiger partial charge in [0.1, 0.15) is 5.52 Å². The second-order valence-corrected chi connectivity index (χ2v) is 6.09. The lowest BCUT2D eigenvalue weighted by Crippen LogP contribution is -2.49. The van der Waals surface area contributed by atoms with Gasteiger partial charge in [-0.3, -0.25) is 14.7 Å². The molecule has 8 nitrogen and oxygen atoms in total. The molecule has 0 radical (unpaired) electrons. The maximum absolute atomic E-state index is 12.4. The Morgan fingerprint density at radius 3 is 2.50 bits per heavy atom. The van der Waals surface area contributed by atoms with Crippen LogP contribution in [-0.4, -0.2) is 63.5 Å². The van der Waals surface area contributed by atoms with E-state index in [0.717, 1.165) is 37.5 Å². The zero-order valence-corrected chi connectivity index (χ0v) is 14.2. The summed E-state index contributed by atoms with van der Waals surface area (Å²) in [6.07, 6.45) is 6.86. The summed E-state index contributed by atoms with van der Waals surface area (Å²) in [5, 5.41) is 3.84. The number of rotatable bonds is 4. The number of hydrogen-bond donors (Lipinski definition) is 1. The van der Waals surface area contributed by atoms with Gasteiger partial charge in [-0.15, -0.1) is 0 Å². The minimum absolute atomic E-state index is 0.0833. The number of nitrogens with zero attached hydrogens (tertiary/aromatic N) is 6. The Bertz CT molecular complexity index is 889. The fourth-order valence-corrected chi connectivity index (χ4v) is 3.03. The molecule has 0 spiro atoms. The lowest BCUT2D eigenvalue weighted by atomic mass is 10.2. The predicted octanol–water partition coefficient (Wildman–Crippen LogP) is 1.18. The number of anilines is 2. The number of carbonyl (C=O) groups excluding carboxylic acids is 1. The van der Waals surface area contributed by atoms with Crippen LogP contribution in [0.15, 0.2) is 49.1 Å². The van der Waals surface area contributed by atoms with Crippen molar-refractivity contribution < 1.29 is 4.79 Å². The Labute approximate surface area is 150 Å². The largest absolute Gasteiger partial charge is 0.338 e. The van der Waals surface area contributed by atoms with Crippen LogP contribution in [0, 0.1) is 0 Å². The van der Waals surface area contributed by atoms with Gasteiger partial charge in [0, 0.05) is 56.4 Å². The van der Waals surface area contributed by atoms with Gasteiger partial charge in [0.15, 0.2) is 5.82 Å². The normalized spacial score (nSPS) is 15.2. The van der Waals surface area contributed by atoms with Gasteiger partial charge in [0.2, 0.25) is 11.9 Å². The molecule has 0 aliphatic carbocycles. The van der Waals surface area contributed by atoms with E-state index >= 15 is 0 Å². The van der Waals surface area contributed by atoms with Crippen LogP contribution in [0.2, 0.25) is 0 Å². The molecule has 4 heterocycles. The summed E-state index contributed by atoms with van der Waals surface area (Å²) in [6.45, 7) is 3.49. The van der Waals surface area contributed by atoms with Crippen LogP contribution in [0.4, 0.5) is 11.8 Å². The maximum atomic E-state index is 12.4. The summed E-state index contributed by atoms with van der Waals surface area (Å²) in [6, 6.07) is 7.50. The third-order valence-corrected chi connectivity index (χ3v) is 4.35. The van der Waals surface area contributed by atoms with Crippen molar-refractivity contribution >= 4 is 28.6 Å². The Morgan fingerprint density at radius 1 is 0.923 bits per heavy atom. The van der Waals surface area contributed by atoms with Crippen molar-refractivity contribution in [3.63, 3.8) is 0 Å². The number of piperazine rings is 1. The Balaban J connectivity index is 1.34. The SMILES string of the molecule is O=C(CN1CCN(c2ncccn2)CC1)Nc1nccc2cccnc12. The zero-order valence-electron chi connectivity index (χ0n) is 14.2. The van der Waals surface area contributed by atoms with Gasteiger partial charge in [0.25, 0.3) is 0 Å². The molecule has 0 atom stereocenters. The minimum atomic E-state index is -0.0833. The summed E-state index contributed by atoms with van der Waals surface area (Å²) in [5.74, 6) is 1.16. The number of pyridine rings is 2. The Kier molecular flexibility index (Phi) is 4.65. The molecule has 1 N–H and O–H groups in total. The molecule has 0 bridgehead atoms. The van der Waals surface area contributed by atoms with E-state index < -0.39 is 0 Å². The number of carbonyl (C=O) groups is 1. The third kappa shape index (κ3) is 3.60. The van der Waals surface area contributed by atoms with Gasteiger partial charge in [-0.25, -0.2) is 15.0 Å². The first kappa shape index (κ1) is 16.3. The lowest BCUT2D eigenvalue weighted by Gasteiger charge is -2.34. The number of amides is 1. The summed E-state index contributed by atoms with van der Waals surface area (Å²) in [5.41, 5.74) is 0.703. The first-order valence-electron chi connectivity index (χ1n) is 8.53. The van der Waals surface area contributed by atoms with Crippen molar-refractivity contribution in [1.82, 2.24) is 24.8 Å². The van der Waals surface area contributed by atoms with Crippen LogP contribution in [0.25, 0.3) is 10.9 Å². The van der Waals surface area contributed by atoms with Crippen LogP contribution in [-0.2, 0) is 4.79 Å². The highest BCUT2D eigenvalue weighted by molar-refractivity contribution is 5.99. The van der Waals surface area contributed by atoms with E-state index in [4.69, 9.17) is 0 Å². The highest BCUT2D eigenvalue weighted by Crippen LogP contribution is 2.17. The molecular formula is C18H19N7O. The second-order valence-electron chi connectivity index (χ2n) is 6.09. The minimum Gasteiger partial charge on any atom is -0.338 e. The van der Waals surface area contributed by atoms with E-state index in [2.05, 4.69) is 35.1 Å². The molecule has 4 rings (SSSR count). The van der Waals surface area contributed by atoms with Crippen LogP contribution in [0.5, 0.6) is 0 Å². The fourth-order valence-electron chi connectivity index (χ4n) is 3.03. The molecular weight excluding hydrogens is 330 g/mol. The van der Waals surface area contributed by atoms with Gasteiger partial charge >= 0.3 is 0 Å². The lowest BCUT2D eigenvalue weighted by molar-refractivity contribution is -0.117. The molecule has 0 unspecified atom stereocenters. The quantitative estimate of drug-likeness (QED) is 0.757. The number of fused-ring (bicyclic) bond motifs is 1. The Morgan fingerprint density at radius 2 is 1.69 bits per heavy atom. The van der Waals surface area contributed by atoms with Crippen molar-refractivity contribution in [3.8, 4) is 0 Å². The number of aromatic nitrogens is 4. The van der Waals surface area contributed by atoms with Crippen LogP contribution in [0.1, 0.15) is 0 Å². The molecule has 0 saturated carbocycles. The third-order valence-electron chi connectivity index (χ3n) is 4.35. The number of hydrogen-bond acceptors (Lipinski definition) is 7. The molecule has 1 saturated heterocycles. The van der Waals surface area contributed by atoms with Crippen LogP contribution < -0.4 is 10.2 Å². The van der Waals surface area contributed by atoms with Crippen molar-refractivity contribution in [2.45, 2.75) is 0 Å². The summed E-state index contributed by atoms with van der Waals surface area (Å²) < 4.78 is 0. The standard InChI is InChI=1S/C18H19N7O/c26-15(23-17-16-14(4-8-20-17)3-1-5-19-16)13-24-9-11-25(12-10-24)18-21-6-2-7-22-18/h1-8H,9-13H2,(H,20,23,26). The van der Waals surface area contributed by atoms with Crippen LogP contribution in [0.3, 0.4) is 0 Å². The van der Waals surface area contributed by atoms with E-state index in [1.165, 1.54) is 0 Å². The highest BCUT2D eigenvalue weighted by atomic mass is 16.2. The van der Waals surface area contributed by atoms with E-state index in [1.54, 1.807) is 30.9 Å². The Hall–Kier alpha value is -3.13. The molecule has 1 aliphatic heterocycles. The highest BCUT2D eigenvalue weighted by Gasteiger charge is 2.20. The molecule has 3 aromatic heterocycles. The topological polar surface area (TPSA) is 87.1 Å². The van der Waals surface area contributed by atoms with E-state index in [9.17, 15) is 4.79 Å². The van der Waals surface area contributed by atoms with Gasteiger partial charge in [-0.1, -0.05) is 6.07 Å². The van der Waals surface area contributed by atoms with Gasteiger partial charge in [-0.2, -0.15) is 0 Å². The summed E-state index contributed by atoms with van der Waals surface area (Å²) in [7, 11) is 0. The van der Waals surface area contributed by atoms with Gasteiger partial charge in [0.05, 0.1) is 6.54 Å². The summed E-state index contributed by atoms with van der Waals surface area (Å²) >= 11 is 0. The first-order valence-corrected chi connectivity index (χ1v) is 8.53. The monoisotopic (exact) mass is 349 g/mol. The van der Waals surface area contributed by atoms with E-state index in [0.29, 0.717) is 17.9 Å². The second kappa shape index (κ2) is 7.40. The average molecular weight is 349 g/mol. The molecule has 8 heteroatoms. The smallest absolute Gasteiger partial charge is 0.239 e. The van der Waals surface area contributed by atoms with E-state index in [1.807, 2.05) is 18.2 Å². The molecule has 1 amide bonds. The predicted molar refractivity (Wildman–Crippen MR) is 98.9 cm³/mol. The van der Waals surface area contributed by atoms with Crippen molar-refractivity contribution in [2.75, 3.05) is 42.9 Å². The molecule has 26 heavy (non-hydrogen) atoms. The first-order chi connectivity index (χ1) is 12.8. The number of nitrogens with one attached hydrogen (secondary N) is 1. The van der Waals surface area contributed by atoms with Crippen molar-refractivity contribution in [3.05, 3.63) is 49.1 Å². The maximum Gasteiger partial charge on any atom is 0.239 e. The van der Waals surface area contributed by atoms with Gasteiger partial charge in [-0.05, 0) is 18.2 Å². The molecule has 132 valence electrons.